The highest BCUT2D eigenvalue weighted by Gasteiger charge is 2.23. The van der Waals surface area contributed by atoms with Gasteiger partial charge in [-0.25, -0.2) is 0 Å². The van der Waals surface area contributed by atoms with Crippen LogP contribution < -0.4 is 10.2 Å². The third-order valence-electron chi connectivity index (χ3n) is 4.72. The highest BCUT2D eigenvalue weighted by molar-refractivity contribution is 5.95. The van der Waals surface area contributed by atoms with Crippen molar-refractivity contribution in [3.05, 3.63) is 51.3 Å². The van der Waals surface area contributed by atoms with Gasteiger partial charge in [0.2, 0.25) is 0 Å². The predicted molar refractivity (Wildman–Crippen MR) is 105 cm³/mol. The van der Waals surface area contributed by atoms with Crippen LogP contribution in [0.15, 0.2) is 24.3 Å². The number of hydrogen-bond acceptors (Lipinski definition) is 6. The van der Waals surface area contributed by atoms with Gasteiger partial charge in [0.05, 0.1) is 23.8 Å². The maximum atomic E-state index is 12.4. The molecule has 3 rings (SSSR count). The van der Waals surface area contributed by atoms with Crippen molar-refractivity contribution in [1.82, 2.24) is 15.1 Å². The van der Waals surface area contributed by atoms with E-state index in [0.29, 0.717) is 45.1 Å². The first kappa shape index (κ1) is 19.8. The maximum absolute atomic E-state index is 12.4. The number of hydrogen-bond donors (Lipinski definition) is 1. The summed E-state index contributed by atoms with van der Waals surface area (Å²) in [7, 11) is 0. The minimum Gasteiger partial charge on any atom is -0.378 e. The van der Waals surface area contributed by atoms with Crippen molar-refractivity contribution in [1.29, 1.82) is 0 Å². The quantitative estimate of drug-likeness (QED) is 0.443. The van der Waals surface area contributed by atoms with Gasteiger partial charge in [-0.05, 0) is 38.5 Å². The molecule has 0 spiro atoms. The molecule has 2 aromatic rings. The number of aryl methyl sites for hydroxylation is 3. The van der Waals surface area contributed by atoms with E-state index in [1.807, 2.05) is 29.5 Å². The molecule has 1 amide bonds. The van der Waals surface area contributed by atoms with Gasteiger partial charge in [-0.2, -0.15) is 5.10 Å². The first-order valence-electron chi connectivity index (χ1n) is 9.36. The van der Waals surface area contributed by atoms with Crippen LogP contribution in [-0.2, 0) is 11.3 Å². The van der Waals surface area contributed by atoms with Crippen molar-refractivity contribution in [3.63, 3.8) is 0 Å². The van der Waals surface area contributed by atoms with Crippen molar-refractivity contribution < 1.29 is 14.5 Å². The number of carbonyl (C=O) groups is 1. The molecule has 9 nitrogen and oxygen atoms in total. The van der Waals surface area contributed by atoms with Crippen molar-refractivity contribution in [2.24, 2.45) is 0 Å². The summed E-state index contributed by atoms with van der Waals surface area (Å²) < 4.78 is 7.20. The van der Waals surface area contributed by atoms with Crippen LogP contribution in [0.25, 0.3) is 0 Å². The zero-order chi connectivity index (χ0) is 20.1. The number of benzene rings is 1. The van der Waals surface area contributed by atoms with Gasteiger partial charge in [0.1, 0.15) is 5.69 Å². The molecule has 0 atom stereocenters. The Balaban J connectivity index is 1.60. The molecule has 1 aromatic carbocycles. The van der Waals surface area contributed by atoms with E-state index in [0.717, 1.165) is 17.8 Å². The van der Waals surface area contributed by atoms with Crippen molar-refractivity contribution in [2.75, 3.05) is 37.7 Å². The Morgan fingerprint density at radius 3 is 2.68 bits per heavy atom. The Morgan fingerprint density at radius 2 is 2.04 bits per heavy atom. The average molecular weight is 387 g/mol. The standard InChI is InChI=1S/C19H25N5O4/c1-14-12-15(2)23(21-14)7-3-6-20-19(25)16-4-5-17(18(13-16)24(26)27)22-8-10-28-11-9-22/h4-5,12-13H,3,6-11H2,1-2H3,(H,20,25). The molecule has 1 aliphatic rings. The van der Waals surface area contributed by atoms with Crippen LogP contribution in [0.4, 0.5) is 11.4 Å². The fraction of sp³-hybridized carbons (Fsp3) is 0.474. The molecule has 2 heterocycles. The zero-order valence-corrected chi connectivity index (χ0v) is 16.2. The normalized spacial score (nSPS) is 14.1. The van der Waals surface area contributed by atoms with Gasteiger partial charge in [-0.3, -0.25) is 19.6 Å². The largest absolute Gasteiger partial charge is 0.378 e. The van der Waals surface area contributed by atoms with Crippen molar-refractivity contribution >= 4 is 17.3 Å². The van der Waals surface area contributed by atoms with E-state index in [2.05, 4.69) is 10.4 Å². The van der Waals surface area contributed by atoms with Crippen molar-refractivity contribution in [3.8, 4) is 0 Å². The van der Waals surface area contributed by atoms with Crippen LogP contribution in [-0.4, -0.2) is 53.5 Å². The van der Waals surface area contributed by atoms with Gasteiger partial charge in [0.15, 0.2) is 0 Å². The van der Waals surface area contributed by atoms with Crippen LogP contribution in [0.1, 0.15) is 28.2 Å². The molecule has 150 valence electrons. The lowest BCUT2D eigenvalue weighted by Crippen LogP contribution is -2.36. The van der Waals surface area contributed by atoms with Crippen LogP contribution in [0.2, 0.25) is 0 Å². The highest BCUT2D eigenvalue weighted by atomic mass is 16.6. The minimum absolute atomic E-state index is 0.0582. The molecular weight excluding hydrogens is 362 g/mol. The summed E-state index contributed by atoms with van der Waals surface area (Å²) in [6.45, 7) is 7.37. The molecule has 9 heteroatoms. The summed E-state index contributed by atoms with van der Waals surface area (Å²) in [4.78, 5) is 25.4. The Bertz CT molecular complexity index is 858. The molecule has 0 radical (unpaired) electrons. The minimum atomic E-state index is -0.440. The average Bonchev–Trinajstić information content (AvgIpc) is 3.02. The number of nitrogens with zero attached hydrogens (tertiary/aromatic N) is 4. The fourth-order valence-corrected chi connectivity index (χ4v) is 3.32. The summed E-state index contributed by atoms with van der Waals surface area (Å²) in [5.41, 5.74) is 2.80. The zero-order valence-electron chi connectivity index (χ0n) is 16.2. The van der Waals surface area contributed by atoms with Crippen LogP contribution in [0.3, 0.4) is 0 Å². The lowest BCUT2D eigenvalue weighted by atomic mass is 10.1. The number of nitro benzene ring substituents is 1. The van der Waals surface area contributed by atoms with E-state index in [4.69, 9.17) is 4.74 Å². The summed E-state index contributed by atoms with van der Waals surface area (Å²) in [5, 5.41) is 18.7. The third kappa shape index (κ3) is 4.66. The Morgan fingerprint density at radius 1 is 1.29 bits per heavy atom. The summed E-state index contributed by atoms with van der Waals surface area (Å²) in [5.74, 6) is -0.315. The molecule has 28 heavy (non-hydrogen) atoms. The maximum Gasteiger partial charge on any atom is 0.293 e. The topological polar surface area (TPSA) is 103 Å². The third-order valence-corrected chi connectivity index (χ3v) is 4.72. The van der Waals surface area contributed by atoms with E-state index in [1.54, 1.807) is 12.1 Å². The van der Waals surface area contributed by atoms with Crippen LogP contribution >= 0.6 is 0 Å². The summed E-state index contributed by atoms with van der Waals surface area (Å²) >= 11 is 0. The van der Waals surface area contributed by atoms with Crippen LogP contribution in [0, 0.1) is 24.0 Å². The first-order chi connectivity index (χ1) is 13.5. The number of ether oxygens (including phenoxy) is 1. The Labute approximate surface area is 163 Å². The predicted octanol–water partition coefficient (Wildman–Crippen LogP) is 2.06. The lowest BCUT2D eigenvalue weighted by molar-refractivity contribution is -0.384. The number of rotatable bonds is 7. The van der Waals surface area contributed by atoms with Gasteiger partial charge in [-0.15, -0.1) is 0 Å². The number of nitro groups is 1. The van der Waals surface area contributed by atoms with Gasteiger partial charge >= 0.3 is 0 Å². The second kappa shape index (κ2) is 8.83. The summed E-state index contributed by atoms with van der Waals surface area (Å²) in [6.07, 6.45) is 0.724. The monoisotopic (exact) mass is 387 g/mol. The molecule has 1 fully saturated rings. The van der Waals surface area contributed by atoms with E-state index in [9.17, 15) is 14.9 Å². The number of aromatic nitrogens is 2. The van der Waals surface area contributed by atoms with E-state index >= 15 is 0 Å². The van der Waals surface area contributed by atoms with Gasteiger partial charge in [0.25, 0.3) is 11.6 Å². The lowest BCUT2D eigenvalue weighted by Gasteiger charge is -2.28. The Hall–Kier alpha value is -2.94. The highest BCUT2D eigenvalue weighted by Crippen LogP contribution is 2.29. The molecule has 0 unspecified atom stereocenters. The van der Waals surface area contributed by atoms with Gasteiger partial charge in [-0.1, -0.05) is 0 Å². The van der Waals surface area contributed by atoms with Crippen molar-refractivity contribution in [2.45, 2.75) is 26.8 Å². The van der Waals surface area contributed by atoms with E-state index in [-0.39, 0.29) is 17.2 Å². The molecule has 0 saturated carbocycles. The number of anilines is 1. The number of carbonyl (C=O) groups excluding carboxylic acids is 1. The number of amides is 1. The second-order valence-corrected chi connectivity index (χ2v) is 6.82. The molecular formula is C19H25N5O4. The molecule has 1 aromatic heterocycles. The molecule has 1 N–H and O–H groups in total. The molecule has 0 bridgehead atoms. The van der Waals surface area contributed by atoms with Crippen LogP contribution in [0.5, 0.6) is 0 Å². The SMILES string of the molecule is Cc1cc(C)n(CCCNC(=O)c2ccc(N3CCOCC3)c([N+](=O)[O-])c2)n1. The second-order valence-electron chi connectivity index (χ2n) is 6.82. The molecule has 0 aliphatic carbocycles. The van der Waals surface area contributed by atoms with E-state index < -0.39 is 4.92 Å². The van der Waals surface area contributed by atoms with Gasteiger partial charge < -0.3 is 15.0 Å². The molecule has 1 aliphatic heterocycles. The van der Waals surface area contributed by atoms with E-state index in [1.165, 1.54) is 6.07 Å². The fourth-order valence-electron chi connectivity index (χ4n) is 3.32. The number of morpholine rings is 1. The Kier molecular flexibility index (Phi) is 6.25. The first-order valence-corrected chi connectivity index (χ1v) is 9.36. The number of nitrogens with one attached hydrogen (secondary N) is 1. The smallest absolute Gasteiger partial charge is 0.293 e. The molecule has 1 saturated heterocycles. The summed E-state index contributed by atoms with van der Waals surface area (Å²) in [6, 6.07) is 6.64. The van der Waals surface area contributed by atoms with Gasteiger partial charge in [0, 0.05) is 43.5 Å².